The Bertz CT molecular complexity index is 534. The molecule has 0 saturated carbocycles. The number of ether oxygens (including phenoxy) is 1. The van der Waals surface area contributed by atoms with Gasteiger partial charge in [-0.3, -0.25) is 4.79 Å². The van der Waals surface area contributed by atoms with E-state index in [1.54, 1.807) is 0 Å². The molecule has 1 aromatic carbocycles. The smallest absolute Gasteiger partial charge is 0.258 e. The maximum absolute atomic E-state index is 11.5. The van der Waals surface area contributed by atoms with Crippen LogP contribution in [0.3, 0.4) is 0 Å². The van der Waals surface area contributed by atoms with Crippen molar-refractivity contribution >= 4 is 5.91 Å². The predicted octanol–water partition coefficient (Wildman–Crippen LogP) is 1.80. The summed E-state index contributed by atoms with van der Waals surface area (Å²) in [6, 6.07) is 6.53. The molecule has 1 unspecified atom stereocenters. The van der Waals surface area contributed by atoms with Gasteiger partial charge in [0.05, 0.1) is 6.54 Å². The van der Waals surface area contributed by atoms with Gasteiger partial charge in [-0.15, -0.1) is 6.42 Å². The van der Waals surface area contributed by atoms with Crippen LogP contribution in [0.25, 0.3) is 0 Å². The van der Waals surface area contributed by atoms with E-state index in [0.717, 1.165) is 18.7 Å². The lowest BCUT2D eigenvalue weighted by atomic mass is 9.87. The van der Waals surface area contributed by atoms with Crippen molar-refractivity contribution in [3.63, 3.8) is 0 Å². The molecular weight excluding hydrogens is 264 g/mol. The van der Waals surface area contributed by atoms with Gasteiger partial charge in [-0.2, -0.15) is 0 Å². The van der Waals surface area contributed by atoms with Crippen molar-refractivity contribution in [2.45, 2.75) is 32.2 Å². The lowest BCUT2D eigenvalue weighted by Gasteiger charge is -2.26. The number of carbonyl (C=O) groups excluding carboxylic acids is 1. The Morgan fingerprint density at radius 3 is 3.14 bits per heavy atom. The van der Waals surface area contributed by atoms with Crippen LogP contribution in [0.5, 0.6) is 5.75 Å². The van der Waals surface area contributed by atoms with Crippen LogP contribution in [0.2, 0.25) is 0 Å². The van der Waals surface area contributed by atoms with E-state index in [4.69, 9.17) is 11.2 Å². The molecule has 1 atom stereocenters. The predicted molar refractivity (Wildman–Crippen MR) is 83.1 cm³/mol. The molecule has 0 aromatic heterocycles. The molecule has 112 valence electrons. The Hall–Kier alpha value is -1.99. The number of fused-ring (bicyclic) bond motifs is 1. The van der Waals surface area contributed by atoms with E-state index in [9.17, 15) is 4.79 Å². The van der Waals surface area contributed by atoms with E-state index in [-0.39, 0.29) is 19.1 Å². The van der Waals surface area contributed by atoms with Gasteiger partial charge in [-0.25, -0.2) is 0 Å². The number of carbonyl (C=O) groups is 1. The summed E-state index contributed by atoms with van der Waals surface area (Å²) in [4.78, 5) is 11.5. The van der Waals surface area contributed by atoms with Crippen LogP contribution in [-0.4, -0.2) is 25.6 Å². The van der Waals surface area contributed by atoms with Gasteiger partial charge in [0.1, 0.15) is 5.75 Å². The van der Waals surface area contributed by atoms with E-state index in [1.165, 1.54) is 24.0 Å². The van der Waals surface area contributed by atoms with E-state index in [1.807, 2.05) is 12.1 Å². The highest BCUT2D eigenvalue weighted by Crippen LogP contribution is 2.32. The van der Waals surface area contributed by atoms with E-state index in [0.29, 0.717) is 6.04 Å². The molecule has 0 fully saturated rings. The molecule has 0 saturated heterocycles. The van der Waals surface area contributed by atoms with Crippen molar-refractivity contribution in [1.82, 2.24) is 10.6 Å². The third-order valence-corrected chi connectivity index (χ3v) is 3.64. The monoisotopic (exact) mass is 286 g/mol. The van der Waals surface area contributed by atoms with Crippen LogP contribution in [0.15, 0.2) is 18.2 Å². The number of terminal acetylenes is 1. The first-order valence-electron chi connectivity index (χ1n) is 7.43. The molecule has 1 aromatic rings. The van der Waals surface area contributed by atoms with Gasteiger partial charge in [0.2, 0.25) is 0 Å². The summed E-state index contributed by atoms with van der Waals surface area (Å²) < 4.78 is 5.53. The first-order valence-corrected chi connectivity index (χ1v) is 7.43. The van der Waals surface area contributed by atoms with E-state index < -0.39 is 0 Å². The topological polar surface area (TPSA) is 50.4 Å². The first-order chi connectivity index (χ1) is 10.2. The summed E-state index contributed by atoms with van der Waals surface area (Å²) >= 11 is 0. The molecule has 0 aliphatic heterocycles. The Morgan fingerprint density at radius 1 is 1.52 bits per heavy atom. The van der Waals surface area contributed by atoms with Gasteiger partial charge in [0.25, 0.3) is 5.91 Å². The molecule has 0 spiro atoms. The Morgan fingerprint density at radius 2 is 2.38 bits per heavy atom. The summed E-state index contributed by atoms with van der Waals surface area (Å²) in [5, 5.41) is 6.09. The summed E-state index contributed by atoms with van der Waals surface area (Å²) in [5.74, 6) is 2.90. The van der Waals surface area contributed by atoms with Gasteiger partial charge < -0.3 is 15.4 Å². The van der Waals surface area contributed by atoms with E-state index >= 15 is 0 Å². The molecule has 1 amide bonds. The fraction of sp³-hybridized carbons (Fsp3) is 0.471. The largest absolute Gasteiger partial charge is 0.484 e. The average Bonchev–Trinajstić information content (AvgIpc) is 2.51. The van der Waals surface area contributed by atoms with Crippen molar-refractivity contribution in [2.24, 2.45) is 0 Å². The zero-order chi connectivity index (χ0) is 15.1. The molecule has 21 heavy (non-hydrogen) atoms. The van der Waals surface area contributed by atoms with Gasteiger partial charge in [0.15, 0.2) is 6.61 Å². The molecule has 4 nitrogen and oxygen atoms in total. The zero-order valence-electron chi connectivity index (χ0n) is 12.4. The molecule has 2 N–H and O–H groups in total. The zero-order valence-corrected chi connectivity index (χ0v) is 12.4. The van der Waals surface area contributed by atoms with Gasteiger partial charge in [0, 0.05) is 6.04 Å². The maximum Gasteiger partial charge on any atom is 0.258 e. The number of nitrogens with one attached hydrogen (secondary N) is 2. The molecule has 1 aliphatic rings. The highest BCUT2D eigenvalue weighted by Gasteiger charge is 2.19. The molecule has 0 bridgehead atoms. The van der Waals surface area contributed by atoms with Crippen LogP contribution in [0, 0.1) is 12.3 Å². The highest BCUT2D eigenvalue weighted by atomic mass is 16.5. The second-order valence-corrected chi connectivity index (χ2v) is 5.13. The third-order valence-electron chi connectivity index (χ3n) is 3.64. The molecule has 2 rings (SSSR count). The minimum absolute atomic E-state index is 0.00287. The second kappa shape index (κ2) is 7.70. The fourth-order valence-electron chi connectivity index (χ4n) is 2.69. The average molecular weight is 286 g/mol. The summed E-state index contributed by atoms with van der Waals surface area (Å²) in [6.45, 7) is 3.33. The number of rotatable bonds is 6. The summed E-state index contributed by atoms with van der Waals surface area (Å²) in [6.07, 6.45) is 8.51. The molecular formula is C17H22N2O2. The van der Waals surface area contributed by atoms with E-state index in [2.05, 4.69) is 29.5 Å². The Balaban J connectivity index is 1.97. The normalized spacial score (nSPS) is 16.7. The standard InChI is InChI=1S/C17H22N2O2/c1-3-10-19-17(20)12-21-14-8-9-15-13(11-14)6-5-7-16(15)18-4-2/h1,8-9,11,16,18H,4-7,10,12H2,2H3,(H,19,20). The van der Waals surface area contributed by atoms with Crippen LogP contribution in [-0.2, 0) is 11.2 Å². The van der Waals surface area contributed by atoms with Crippen molar-refractivity contribution in [3.05, 3.63) is 29.3 Å². The SMILES string of the molecule is C#CCNC(=O)COc1ccc2c(c1)CCCC2NCC. The van der Waals surface area contributed by atoms with Crippen molar-refractivity contribution in [1.29, 1.82) is 0 Å². The van der Waals surface area contributed by atoms with Crippen LogP contribution in [0.4, 0.5) is 0 Å². The highest BCUT2D eigenvalue weighted by molar-refractivity contribution is 5.77. The quantitative estimate of drug-likeness (QED) is 0.784. The minimum Gasteiger partial charge on any atom is -0.484 e. The summed E-state index contributed by atoms with van der Waals surface area (Å²) in [7, 11) is 0. The van der Waals surface area contributed by atoms with Gasteiger partial charge >= 0.3 is 0 Å². The lowest BCUT2D eigenvalue weighted by molar-refractivity contribution is -0.122. The maximum atomic E-state index is 11.5. The number of aryl methyl sites for hydroxylation is 1. The third kappa shape index (κ3) is 4.24. The molecule has 1 aliphatic carbocycles. The lowest BCUT2D eigenvalue weighted by Crippen LogP contribution is -2.29. The summed E-state index contributed by atoms with van der Waals surface area (Å²) in [5.41, 5.74) is 2.67. The first kappa shape index (κ1) is 15.4. The Kier molecular flexibility index (Phi) is 5.65. The number of hydrogen-bond donors (Lipinski definition) is 2. The van der Waals surface area contributed by atoms with Gasteiger partial charge in [-0.1, -0.05) is 18.9 Å². The molecule has 0 radical (unpaired) electrons. The van der Waals surface area contributed by atoms with Crippen LogP contribution >= 0.6 is 0 Å². The van der Waals surface area contributed by atoms with Crippen molar-refractivity contribution in [3.8, 4) is 18.1 Å². The number of benzene rings is 1. The van der Waals surface area contributed by atoms with Crippen LogP contribution in [0.1, 0.15) is 36.9 Å². The number of hydrogen-bond acceptors (Lipinski definition) is 3. The van der Waals surface area contributed by atoms with Crippen molar-refractivity contribution in [2.75, 3.05) is 19.7 Å². The van der Waals surface area contributed by atoms with Gasteiger partial charge in [-0.05, 0) is 49.1 Å². The molecule has 4 heteroatoms. The fourth-order valence-corrected chi connectivity index (χ4v) is 2.69. The Labute approximate surface area is 126 Å². The minimum atomic E-state index is -0.198. The van der Waals surface area contributed by atoms with Crippen LogP contribution < -0.4 is 15.4 Å². The molecule has 0 heterocycles. The second-order valence-electron chi connectivity index (χ2n) is 5.13. The van der Waals surface area contributed by atoms with Crippen molar-refractivity contribution < 1.29 is 9.53 Å². The number of amides is 1.